The summed E-state index contributed by atoms with van der Waals surface area (Å²) in [6, 6.07) is 6.86. The molecule has 42 heavy (non-hydrogen) atoms. The molecule has 2 aromatic carbocycles. The lowest BCUT2D eigenvalue weighted by Gasteiger charge is -2.27. The van der Waals surface area contributed by atoms with E-state index in [1.54, 1.807) is 59.9 Å². The highest BCUT2D eigenvalue weighted by atomic mass is 19.1. The summed E-state index contributed by atoms with van der Waals surface area (Å²) in [5, 5.41) is 13.4. The molecule has 5 heterocycles. The minimum absolute atomic E-state index is 0.0635. The zero-order chi connectivity index (χ0) is 28.9. The van der Waals surface area contributed by atoms with E-state index < -0.39 is 11.5 Å². The molecule has 3 aromatic heterocycles. The average Bonchev–Trinajstić information content (AvgIpc) is 3.25. The predicted molar refractivity (Wildman–Crippen MR) is 153 cm³/mol. The van der Waals surface area contributed by atoms with Crippen molar-refractivity contribution in [2.24, 2.45) is 0 Å². The molecule has 2 atom stereocenters. The van der Waals surface area contributed by atoms with Crippen LogP contribution in [-0.2, 0) is 16.7 Å². The average molecular weight is 572 g/mol. The Kier molecular flexibility index (Phi) is 5.46. The van der Waals surface area contributed by atoms with Gasteiger partial charge in [0.05, 0.1) is 46.8 Å². The van der Waals surface area contributed by atoms with Gasteiger partial charge in [0.1, 0.15) is 11.6 Å². The van der Waals surface area contributed by atoms with Crippen molar-refractivity contribution in [2.45, 2.75) is 64.1 Å². The molecular weight excluding hydrogens is 540 g/mol. The van der Waals surface area contributed by atoms with Crippen LogP contribution in [0.5, 0.6) is 0 Å². The van der Waals surface area contributed by atoms with Gasteiger partial charge in [-0.15, -0.1) is 0 Å². The molecule has 1 N–H and O–H groups in total. The number of hydrogen-bond donors (Lipinski definition) is 1. The van der Waals surface area contributed by atoms with Gasteiger partial charge in [0, 0.05) is 42.6 Å². The van der Waals surface area contributed by atoms with Gasteiger partial charge in [-0.3, -0.25) is 13.8 Å². The molecule has 3 aliphatic rings. The number of ether oxygens (including phenoxy) is 1. The fraction of sp³-hybridized carbons (Fsp3) is 0.387. The number of fused-ring (bicyclic) bond motifs is 3. The molecule has 216 valence electrons. The molecule has 2 aliphatic heterocycles. The van der Waals surface area contributed by atoms with Crippen LogP contribution in [0.15, 0.2) is 47.7 Å². The SMILES string of the molecule is Cc1cc(-n2nc3c(c2-n2ccn(-c4ccc5c(cnn5C[C@@H]5CCO5)c4F)c2=O)[C@H](C)NCC32CC2)cc(C)c1F. The molecule has 2 fully saturated rings. The van der Waals surface area contributed by atoms with Crippen LogP contribution in [0.25, 0.3) is 28.1 Å². The summed E-state index contributed by atoms with van der Waals surface area (Å²) in [6.07, 6.45) is 7.81. The molecule has 1 spiro atoms. The van der Waals surface area contributed by atoms with E-state index in [4.69, 9.17) is 9.84 Å². The minimum atomic E-state index is -0.514. The first kappa shape index (κ1) is 25.6. The molecule has 0 radical (unpaired) electrons. The normalized spacial score (nSPS) is 20.7. The Morgan fingerprint density at radius 1 is 1.10 bits per heavy atom. The van der Waals surface area contributed by atoms with Crippen molar-refractivity contribution in [1.29, 1.82) is 0 Å². The maximum atomic E-state index is 15.9. The number of hydrogen-bond acceptors (Lipinski definition) is 5. The number of aromatic nitrogens is 6. The number of aryl methyl sites for hydroxylation is 2. The van der Waals surface area contributed by atoms with Gasteiger partial charge in [-0.2, -0.15) is 10.2 Å². The van der Waals surface area contributed by atoms with Crippen LogP contribution in [0.1, 0.15) is 54.6 Å². The quantitative estimate of drug-likeness (QED) is 0.335. The molecule has 0 bridgehead atoms. The van der Waals surface area contributed by atoms with Crippen molar-refractivity contribution < 1.29 is 13.5 Å². The third kappa shape index (κ3) is 3.62. The number of rotatable bonds is 5. The van der Waals surface area contributed by atoms with Gasteiger partial charge in [0.15, 0.2) is 5.82 Å². The van der Waals surface area contributed by atoms with Crippen LogP contribution in [-0.4, -0.2) is 48.0 Å². The first-order valence-corrected chi connectivity index (χ1v) is 14.5. The minimum Gasteiger partial charge on any atom is -0.376 e. The zero-order valence-corrected chi connectivity index (χ0v) is 23.7. The van der Waals surface area contributed by atoms with Crippen molar-refractivity contribution in [3.8, 4) is 17.2 Å². The van der Waals surface area contributed by atoms with Crippen LogP contribution in [0.3, 0.4) is 0 Å². The Morgan fingerprint density at radius 2 is 1.83 bits per heavy atom. The summed E-state index contributed by atoms with van der Waals surface area (Å²) < 4.78 is 42.4. The van der Waals surface area contributed by atoms with Crippen LogP contribution in [0.2, 0.25) is 0 Å². The Morgan fingerprint density at radius 3 is 2.52 bits per heavy atom. The molecule has 1 aliphatic carbocycles. The first-order chi connectivity index (χ1) is 20.3. The fourth-order valence-electron chi connectivity index (χ4n) is 6.55. The molecule has 9 nitrogen and oxygen atoms in total. The van der Waals surface area contributed by atoms with Gasteiger partial charge in [-0.05, 0) is 75.4 Å². The molecular formula is C31H31F2N7O2. The summed E-state index contributed by atoms with van der Waals surface area (Å²) in [6.45, 7) is 7.63. The van der Waals surface area contributed by atoms with Crippen molar-refractivity contribution in [1.82, 2.24) is 34.0 Å². The summed E-state index contributed by atoms with van der Waals surface area (Å²) in [5.74, 6) is -0.191. The number of nitrogens with one attached hydrogen (secondary N) is 1. The van der Waals surface area contributed by atoms with Crippen molar-refractivity contribution >= 4 is 10.9 Å². The Balaban J connectivity index is 1.29. The second-order valence-corrected chi connectivity index (χ2v) is 12.0. The standard InChI is InChI=1S/C31H31F2N7O2/c1-17-12-20(13-18(2)26(17)32)40-29(25-19(3)34-16-31(7-8-31)28(25)36-40)38-10-9-37(30(38)41)24-5-4-23-22(27(24)33)14-35-39(23)15-21-6-11-42-21/h4-5,9-10,12-14,19,21,34H,6-8,11,15-16H2,1-3H3/t19-,21-/m0/s1. The summed E-state index contributed by atoms with van der Waals surface area (Å²) in [4.78, 5) is 14.1. The lowest BCUT2D eigenvalue weighted by molar-refractivity contribution is -0.0602. The molecule has 0 unspecified atom stereocenters. The van der Waals surface area contributed by atoms with Gasteiger partial charge in [0.2, 0.25) is 0 Å². The third-order valence-corrected chi connectivity index (χ3v) is 9.27. The predicted octanol–water partition coefficient (Wildman–Crippen LogP) is 4.54. The Labute approximate surface area is 240 Å². The molecule has 11 heteroatoms. The van der Waals surface area contributed by atoms with Gasteiger partial charge in [-0.25, -0.2) is 18.3 Å². The van der Waals surface area contributed by atoms with E-state index in [2.05, 4.69) is 17.3 Å². The molecule has 8 rings (SSSR count). The molecule has 1 saturated carbocycles. The molecule has 1 saturated heterocycles. The van der Waals surface area contributed by atoms with Gasteiger partial charge in [-0.1, -0.05) is 0 Å². The number of imidazole rings is 1. The van der Waals surface area contributed by atoms with Gasteiger partial charge < -0.3 is 10.1 Å². The van der Waals surface area contributed by atoms with E-state index in [0.717, 1.165) is 43.7 Å². The topological polar surface area (TPSA) is 83.8 Å². The maximum absolute atomic E-state index is 15.9. The first-order valence-electron chi connectivity index (χ1n) is 14.5. The summed E-state index contributed by atoms with van der Waals surface area (Å²) in [7, 11) is 0. The largest absolute Gasteiger partial charge is 0.376 e. The number of benzene rings is 2. The Bertz CT molecular complexity index is 1930. The fourth-order valence-corrected chi connectivity index (χ4v) is 6.55. The number of halogens is 2. The highest BCUT2D eigenvalue weighted by Crippen LogP contribution is 2.53. The lowest BCUT2D eigenvalue weighted by Crippen LogP contribution is -2.36. The third-order valence-electron chi connectivity index (χ3n) is 9.27. The van der Waals surface area contributed by atoms with Crippen LogP contribution < -0.4 is 11.0 Å². The lowest BCUT2D eigenvalue weighted by atomic mass is 9.90. The van der Waals surface area contributed by atoms with E-state index in [1.165, 1.54) is 15.3 Å². The van der Waals surface area contributed by atoms with Gasteiger partial charge in [0.25, 0.3) is 0 Å². The zero-order valence-electron chi connectivity index (χ0n) is 23.7. The van der Waals surface area contributed by atoms with Crippen molar-refractivity contribution in [3.63, 3.8) is 0 Å². The summed E-state index contributed by atoms with van der Waals surface area (Å²) >= 11 is 0. The number of nitrogens with zero attached hydrogens (tertiary/aromatic N) is 6. The van der Waals surface area contributed by atoms with E-state index in [-0.39, 0.29) is 29.1 Å². The van der Waals surface area contributed by atoms with E-state index in [0.29, 0.717) is 40.1 Å². The second-order valence-electron chi connectivity index (χ2n) is 12.0. The highest BCUT2D eigenvalue weighted by molar-refractivity contribution is 5.82. The van der Waals surface area contributed by atoms with Gasteiger partial charge >= 0.3 is 5.69 Å². The van der Waals surface area contributed by atoms with Crippen LogP contribution in [0, 0.1) is 25.5 Å². The molecule has 5 aromatic rings. The van der Waals surface area contributed by atoms with E-state index in [9.17, 15) is 9.18 Å². The van der Waals surface area contributed by atoms with E-state index in [1.807, 2.05) is 0 Å². The highest BCUT2D eigenvalue weighted by Gasteiger charge is 2.52. The molecule has 0 amide bonds. The monoisotopic (exact) mass is 571 g/mol. The Hall–Kier alpha value is -4.09. The van der Waals surface area contributed by atoms with Crippen molar-refractivity contribution in [2.75, 3.05) is 13.2 Å². The van der Waals surface area contributed by atoms with E-state index >= 15 is 4.39 Å². The summed E-state index contributed by atoms with van der Waals surface area (Å²) in [5.41, 5.74) is 3.89. The van der Waals surface area contributed by atoms with Crippen LogP contribution >= 0.6 is 0 Å². The van der Waals surface area contributed by atoms with Crippen LogP contribution in [0.4, 0.5) is 8.78 Å². The second kappa shape index (κ2) is 8.95. The smallest absolute Gasteiger partial charge is 0.338 e. The van der Waals surface area contributed by atoms with Crippen molar-refractivity contribution in [3.05, 3.63) is 87.4 Å². The maximum Gasteiger partial charge on any atom is 0.338 e.